The summed E-state index contributed by atoms with van der Waals surface area (Å²) in [6.45, 7) is 5.43. The molecule has 0 aliphatic carbocycles. The van der Waals surface area contributed by atoms with Crippen molar-refractivity contribution in [3.63, 3.8) is 0 Å². The van der Waals surface area contributed by atoms with Crippen LogP contribution in [0.4, 0.5) is 9.18 Å². The van der Waals surface area contributed by atoms with Crippen molar-refractivity contribution in [1.82, 2.24) is 15.0 Å². The van der Waals surface area contributed by atoms with Gasteiger partial charge in [-0.2, -0.15) is 0 Å². The summed E-state index contributed by atoms with van der Waals surface area (Å²) in [4.78, 5) is 15.5. The fourth-order valence-corrected chi connectivity index (χ4v) is 2.59. The fraction of sp³-hybridized carbons (Fsp3) is 0.467. The zero-order valence-electron chi connectivity index (χ0n) is 12.4. The molecule has 1 fully saturated rings. The van der Waals surface area contributed by atoms with E-state index >= 15 is 0 Å². The van der Waals surface area contributed by atoms with Gasteiger partial charge in [0.05, 0.1) is 6.61 Å². The van der Waals surface area contributed by atoms with Crippen LogP contribution in [0.25, 0.3) is 11.0 Å². The van der Waals surface area contributed by atoms with Crippen molar-refractivity contribution >= 4 is 17.1 Å². The van der Waals surface area contributed by atoms with Gasteiger partial charge in [-0.3, -0.25) is 4.90 Å². The molecule has 0 unspecified atom stereocenters. The molecule has 0 bridgehead atoms. The molecule has 0 spiro atoms. The lowest BCUT2D eigenvalue weighted by atomic mass is 10.2. The molecule has 1 amide bonds. The predicted octanol–water partition coefficient (Wildman–Crippen LogP) is 2.24. The zero-order valence-corrected chi connectivity index (χ0v) is 12.4. The van der Waals surface area contributed by atoms with Crippen molar-refractivity contribution in [1.29, 1.82) is 0 Å². The lowest BCUT2D eigenvalue weighted by Crippen LogP contribution is -2.48. The minimum Gasteiger partial charge on any atom is -0.450 e. The molecule has 0 saturated carbocycles. The highest BCUT2D eigenvalue weighted by molar-refractivity contribution is 5.79. The van der Waals surface area contributed by atoms with Crippen molar-refractivity contribution in [3.8, 4) is 0 Å². The summed E-state index contributed by atoms with van der Waals surface area (Å²) in [5.41, 5.74) is 1.31. The topological polar surface area (TPSA) is 58.8 Å². The number of hydrogen-bond acceptors (Lipinski definition) is 5. The first kappa shape index (κ1) is 14.8. The summed E-state index contributed by atoms with van der Waals surface area (Å²) in [6, 6.07) is 4.38. The van der Waals surface area contributed by atoms with Gasteiger partial charge < -0.3 is 14.2 Å². The van der Waals surface area contributed by atoms with Crippen molar-refractivity contribution in [2.75, 3.05) is 32.8 Å². The van der Waals surface area contributed by atoms with E-state index in [9.17, 15) is 9.18 Å². The van der Waals surface area contributed by atoms with Gasteiger partial charge in [0.25, 0.3) is 0 Å². The van der Waals surface area contributed by atoms with E-state index in [-0.39, 0.29) is 11.9 Å². The monoisotopic (exact) mass is 307 g/mol. The largest absolute Gasteiger partial charge is 0.450 e. The molecule has 1 aliphatic heterocycles. The van der Waals surface area contributed by atoms with E-state index in [1.54, 1.807) is 17.9 Å². The summed E-state index contributed by atoms with van der Waals surface area (Å²) in [5.74, 6) is -0.302. The number of ether oxygens (including phenoxy) is 1. The summed E-state index contributed by atoms with van der Waals surface area (Å²) < 4.78 is 23.5. The first-order valence-corrected chi connectivity index (χ1v) is 7.35. The van der Waals surface area contributed by atoms with Crippen LogP contribution in [0, 0.1) is 5.82 Å². The third-order valence-electron chi connectivity index (χ3n) is 3.78. The second-order valence-corrected chi connectivity index (χ2v) is 5.23. The van der Waals surface area contributed by atoms with E-state index < -0.39 is 0 Å². The number of amides is 1. The number of carbonyl (C=O) groups is 1. The minimum atomic E-state index is -0.302. The van der Waals surface area contributed by atoms with E-state index in [0.29, 0.717) is 37.2 Å². The minimum absolute atomic E-state index is 0.267. The Morgan fingerprint density at radius 3 is 2.86 bits per heavy atom. The summed E-state index contributed by atoms with van der Waals surface area (Å²) in [6.07, 6.45) is -0.267. The Bertz CT molecular complexity index is 665. The molecule has 0 radical (unpaired) electrons. The van der Waals surface area contributed by atoms with E-state index in [1.165, 1.54) is 12.1 Å². The first-order valence-electron chi connectivity index (χ1n) is 7.35. The number of benzene rings is 1. The van der Waals surface area contributed by atoms with Crippen molar-refractivity contribution in [2.24, 2.45) is 0 Å². The maximum absolute atomic E-state index is 13.3. The summed E-state index contributed by atoms with van der Waals surface area (Å²) in [5, 5.41) is 4.73. The second-order valence-electron chi connectivity index (χ2n) is 5.23. The van der Waals surface area contributed by atoms with Gasteiger partial charge in [-0.05, 0) is 25.1 Å². The number of fused-ring (bicyclic) bond motifs is 1. The lowest BCUT2D eigenvalue weighted by molar-refractivity contribution is 0.0773. The van der Waals surface area contributed by atoms with Gasteiger partial charge in [0.15, 0.2) is 5.58 Å². The highest BCUT2D eigenvalue weighted by Gasteiger charge is 2.23. The Morgan fingerprint density at radius 1 is 1.36 bits per heavy atom. The standard InChI is InChI=1S/C15H18FN3O3/c1-2-21-15(20)19-7-5-18(6-8-19)10-13-12-9-11(16)3-4-14(12)22-17-13/h3-4,9H,2,5-8,10H2,1H3. The van der Waals surface area contributed by atoms with E-state index in [1.807, 2.05) is 0 Å². The van der Waals surface area contributed by atoms with Gasteiger partial charge in [0, 0.05) is 38.1 Å². The van der Waals surface area contributed by atoms with Crippen LogP contribution >= 0.6 is 0 Å². The zero-order chi connectivity index (χ0) is 15.5. The van der Waals surface area contributed by atoms with E-state index in [0.717, 1.165) is 18.8 Å². The van der Waals surface area contributed by atoms with Gasteiger partial charge in [-0.25, -0.2) is 9.18 Å². The molecule has 22 heavy (non-hydrogen) atoms. The van der Waals surface area contributed by atoms with Crippen molar-refractivity contribution in [2.45, 2.75) is 13.5 Å². The number of rotatable bonds is 3. The number of nitrogens with zero attached hydrogens (tertiary/aromatic N) is 3. The molecule has 1 aliphatic rings. The highest BCUT2D eigenvalue weighted by Crippen LogP contribution is 2.21. The SMILES string of the molecule is CCOC(=O)N1CCN(Cc2noc3ccc(F)cc23)CC1. The van der Waals surface area contributed by atoms with Gasteiger partial charge in [-0.1, -0.05) is 5.16 Å². The van der Waals surface area contributed by atoms with Gasteiger partial charge in [0.1, 0.15) is 11.5 Å². The summed E-state index contributed by atoms with van der Waals surface area (Å²) >= 11 is 0. The second kappa shape index (κ2) is 6.31. The number of halogens is 1. The van der Waals surface area contributed by atoms with E-state index in [4.69, 9.17) is 9.26 Å². The number of carbonyl (C=O) groups excluding carboxylic acids is 1. The molecule has 7 heteroatoms. The molecular weight excluding hydrogens is 289 g/mol. The Balaban J connectivity index is 1.62. The molecule has 1 saturated heterocycles. The quantitative estimate of drug-likeness (QED) is 0.870. The molecule has 2 heterocycles. The van der Waals surface area contributed by atoms with Crippen molar-refractivity contribution < 1.29 is 18.4 Å². The van der Waals surface area contributed by atoms with Crippen LogP contribution in [0.15, 0.2) is 22.7 Å². The third kappa shape index (κ3) is 3.04. The Kier molecular flexibility index (Phi) is 4.24. The normalized spacial score (nSPS) is 16.2. The lowest BCUT2D eigenvalue weighted by Gasteiger charge is -2.33. The van der Waals surface area contributed by atoms with Crippen LogP contribution in [0.5, 0.6) is 0 Å². The maximum Gasteiger partial charge on any atom is 0.409 e. The maximum atomic E-state index is 13.3. The molecular formula is C15H18FN3O3. The van der Waals surface area contributed by atoms with Crippen LogP contribution in [0.3, 0.4) is 0 Å². The van der Waals surface area contributed by atoms with Gasteiger partial charge in [-0.15, -0.1) is 0 Å². The van der Waals surface area contributed by atoms with Gasteiger partial charge in [0.2, 0.25) is 0 Å². The molecule has 6 nitrogen and oxygen atoms in total. The molecule has 118 valence electrons. The molecule has 0 N–H and O–H groups in total. The number of hydrogen-bond donors (Lipinski definition) is 0. The van der Waals surface area contributed by atoms with E-state index in [2.05, 4.69) is 10.1 Å². The predicted molar refractivity (Wildman–Crippen MR) is 77.8 cm³/mol. The molecule has 1 aromatic heterocycles. The van der Waals surface area contributed by atoms with Crippen LogP contribution < -0.4 is 0 Å². The average molecular weight is 307 g/mol. The number of piperazine rings is 1. The van der Waals surface area contributed by atoms with Crippen LogP contribution in [-0.2, 0) is 11.3 Å². The molecule has 0 atom stereocenters. The van der Waals surface area contributed by atoms with Crippen molar-refractivity contribution in [3.05, 3.63) is 29.7 Å². The van der Waals surface area contributed by atoms with Crippen LogP contribution in [-0.4, -0.2) is 53.8 Å². The fourth-order valence-electron chi connectivity index (χ4n) is 2.59. The van der Waals surface area contributed by atoms with Crippen LogP contribution in [0.2, 0.25) is 0 Å². The number of aromatic nitrogens is 1. The third-order valence-corrected chi connectivity index (χ3v) is 3.78. The summed E-state index contributed by atoms with van der Waals surface area (Å²) in [7, 11) is 0. The molecule has 1 aromatic carbocycles. The Morgan fingerprint density at radius 2 is 2.14 bits per heavy atom. The van der Waals surface area contributed by atoms with Gasteiger partial charge >= 0.3 is 6.09 Å². The highest BCUT2D eigenvalue weighted by atomic mass is 19.1. The smallest absolute Gasteiger partial charge is 0.409 e. The molecule has 3 rings (SSSR count). The molecule has 2 aromatic rings. The average Bonchev–Trinajstić information content (AvgIpc) is 2.90. The Labute approximate surface area is 127 Å². The Hall–Kier alpha value is -2.15. The van der Waals surface area contributed by atoms with Crippen LogP contribution in [0.1, 0.15) is 12.6 Å². The first-order chi connectivity index (χ1) is 10.7.